The number of halogens is 5. The molecule has 0 aliphatic carbocycles. The van der Waals surface area contributed by atoms with E-state index in [1.54, 1.807) is 30.3 Å². The van der Waals surface area contributed by atoms with E-state index >= 15 is 8.78 Å². The number of fused-ring (bicyclic) bond motifs is 1. The van der Waals surface area contributed by atoms with Gasteiger partial charge in [0.05, 0.1) is 18.9 Å². The number of hydrogen-bond acceptors (Lipinski definition) is 6. The van der Waals surface area contributed by atoms with Crippen molar-refractivity contribution in [3.63, 3.8) is 0 Å². The standard InChI is InChI=1S/C30H25F5N4O6/c1-37-9-8-25(40)39(29(37)44)23-7-3-5-18-16(4-2-6-19(18)23)12-22(28(42)43)36-27(41)26-20(31)13-17(14-21(26)32)38-10-11-45-15-24(38)30(33,34)35/h2-9,13-14,22,24H,10-12,15H2,1H3,(H,36,41)(H,42,43)/t22-,24+/m0/s1. The van der Waals surface area contributed by atoms with E-state index in [1.165, 1.54) is 29.9 Å². The van der Waals surface area contributed by atoms with E-state index in [4.69, 9.17) is 4.74 Å². The maximum absolute atomic E-state index is 15.1. The number of carboxylic acid groups (broad SMARTS) is 1. The van der Waals surface area contributed by atoms with Gasteiger partial charge in [0.1, 0.15) is 29.3 Å². The van der Waals surface area contributed by atoms with Crippen molar-refractivity contribution in [1.29, 1.82) is 0 Å². The average Bonchev–Trinajstić information content (AvgIpc) is 2.98. The van der Waals surface area contributed by atoms with Gasteiger partial charge in [0.15, 0.2) is 0 Å². The molecule has 1 fully saturated rings. The number of carboxylic acids is 1. The maximum atomic E-state index is 15.1. The number of alkyl halides is 3. The van der Waals surface area contributed by atoms with Gasteiger partial charge in [-0.05, 0) is 29.1 Å². The zero-order valence-corrected chi connectivity index (χ0v) is 23.5. The molecule has 1 aromatic heterocycles. The number of hydrogen-bond donors (Lipinski definition) is 2. The number of carbonyl (C=O) groups is 2. The summed E-state index contributed by atoms with van der Waals surface area (Å²) < 4.78 is 77.6. The van der Waals surface area contributed by atoms with Gasteiger partial charge >= 0.3 is 17.8 Å². The Kier molecular flexibility index (Phi) is 8.47. The average molecular weight is 633 g/mol. The third-order valence-corrected chi connectivity index (χ3v) is 7.50. The number of amides is 1. The second-order valence-corrected chi connectivity index (χ2v) is 10.4. The zero-order valence-electron chi connectivity index (χ0n) is 23.5. The van der Waals surface area contributed by atoms with Gasteiger partial charge in [-0.15, -0.1) is 0 Å². The summed E-state index contributed by atoms with van der Waals surface area (Å²) in [5, 5.41) is 12.8. The van der Waals surface area contributed by atoms with Gasteiger partial charge in [-0.1, -0.05) is 30.3 Å². The van der Waals surface area contributed by atoms with Gasteiger partial charge in [-0.3, -0.25) is 9.59 Å². The number of aliphatic carboxylic acids is 1. The molecule has 2 N–H and O–H groups in total. The summed E-state index contributed by atoms with van der Waals surface area (Å²) in [6.07, 6.45) is -3.81. The van der Waals surface area contributed by atoms with Crippen molar-refractivity contribution in [2.24, 2.45) is 7.05 Å². The monoisotopic (exact) mass is 632 g/mol. The van der Waals surface area contributed by atoms with Crippen LogP contribution in [0.1, 0.15) is 15.9 Å². The van der Waals surface area contributed by atoms with Gasteiger partial charge in [-0.2, -0.15) is 13.2 Å². The van der Waals surface area contributed by atoms with Crippen molar-refractivity contribution in [2.75, 3.05) is 24.7 Å². The molecule has 2 heterocycles. The molecule has 4 aromatic rings. The lowest BCUT2D eigenvalue weighted by Crippen LogP contribution is -2.53. The molecular formula is C30H25F5N4O6. The molecule has 15 heteroatoms. The fourth-order valence-corrected chi connectivity index (χ4v) is 5.30. The quantitative estimate of drug-likeness (QED) is 0.300. The molecule has 236 valence electrons. The van der Waals surface area contributed by atoms with Crippen molar-refractivity contribution < 1.29 is 41.4 Å². The first-order valence-corrected chi connectivity index (χ1v) is 13.5. The summed E-state index contributed by atoms with van der Waals surface area (Å²) in [5.74, 6) is -5.94. The van der Waals surface area contributed by atoms with E-state index in [9.17, 15) is 37.5 Å². The largest absolute Gasteiger partial charge is 0.480 e. The highest BCUT2D eigenvalue weighted by molar-refractivity contribution is 5.98. The number of ether oxygens (including phenoxy) is 1. The minimum Gasteiger partial charge on any atom is -0.480 e. The fourth-order valence-electron chi connectivity index (χ4n) is 5.30. The Bertz CT molecular complexity index is 1900. The highest BCUT2D eigenvalue weighted by Gasteiger charge is 2.46. The minimum atomic E-state index is -4.76. The normalized spacial score (nSPS) is 16.0. The SMILES string of the molecule is Cn1ccc(=O)n(-c2cccc3c(C[C@H](NC(=O)c4c(F)cc(N5CCOC[C@@H]5C(F)(F)F)cc4F)C(=O)O)cccc23)c1=O. The first-order valence-electron chi connectivity index (χ1n) is 13.5. The smallest absolute Gasteiger partial charge is 0.411 e. The highest BCUT2D eigenvalue weighted by atomic mass is 19.4. The molecule has 0 saturated carbocycles. The van der Waals surface area contributed by atoms with Gasteiger partial charge in [0.2, 0.25) is 0 Å². The molecule has 1 amide bonds. The molecule has 45 heavy (non-hydrogen) atoms. The Labute approximate surface area is 250 Å². The van der Waals surface area contributed by atoms with Crippen LogP contribution >= 0.6 is 0 Å². The lowest BCUT2D eigenvalue weighted by molar-refractivity contribution is -0.167. The molecular weight excluding hydrogens is 607 g/mol. The van der Waals surface area contributed by atoms with Crippen LogP contribution in [0.3, 0.4) is 0 Å². The van der Waals surface area contributed by atoms with Crippen LogP contribution in [0.5, 0.6) is 0 Å². The van der Waals surface area contributed by atoms with Crippen molar-refractivity contribution in [1.82, 2.24) is 14.5 Å². The number of benzene rings is 3. The molecule has 0 spiro atoms. The molecule has 10 nitrogen and oxygen atoms in total. The second kappa shape index (κ2) is 12.1. The van der Waals surface area contributed by atoms with E-state index in [0.717, 1.165) is 9.47 Å². The van der Waals surface area contributed by atoms with Crippen molar-refractivity contribution in [3.8, 4) is 5.69 Å². The van der Waals surface area contributed by atoms with Crippen molar-refractivity contribution in [2.45, 2.75) is 24.7 Å². The molecule has 1 aliphatic rings. The van der Waals surface area contributed by atoms with E-state index in [-0.39, 0.29) is 25.3 Å². The predicted octanol–water partition coefficient (Wildman–Crippen LogP) is 3.16. The molecule has 3 aromatic carbocycles. The van der Waals surface area contributed by atoms with Crippen LogP contribution < -0.4 is 21.5 Å². The van der Waals surface area contributed by atoms with Crippen LogP contribution in [0.4, 0.5) is 27.6 Å². The van der Waals surface area contributed by atoms with Crippen LogP contribution in [0.2, 0.25) is 0 Å². The Hall–Kier alpha value is -5.05. The number of morpholine rings is 1. The number of rotatable bonds is 7. The van der Waals surface area contributed by atoms with Crippen LogP contribution in [-0.4, -0.2) is 64.1 Å². The summed E-state index contributed by atoms with van der Waals surface area (Å²) in [5.41, 5.74) is -2.24. The lowest BCUT2D eigenvalue weighted by atomic mass is 9.97. The number of aryl methyl sites for hydroxylation is 1. The van der Waals surface area contributed by atoms with Gasteiger partial charge in [0.25, 0.3) is 11.5 Å². The topological polar surface area (TPSA) is 123 Å². The molecule has 1 saturated heterocycles. The summed E-state index contributed by atoms with van der Waals surface area (Å²) >= 11 is 0. The molecule has 0 radical (unpaired) electrons. The van der Waals surface area contributed by atoms with E-state index in [2.05, 4.69) is 5.32 Å². The number of nitrogens with one attached hydrogen (secondary N) is 1. The number of anilines is 1. The van der Waals surface area contributed by atoms with Crippen molar-refractivity contribution in [3.05, 3.63) is 104 Å². The summed E-state index contributed by atoms with van der Waals surface area (Å²) in [6.45, 7) is -1.17. The zero-order chi connectivity index (χ0) is 32.6. The molecule has 1 aliphatic heterocycles. The molecule has 0 unspecified atom stereocenters. The van der Waals surface area contributed by atoms with E-state index in [0.29, 0.717) is 28.5 Å². The third kappa shape index (κ3) is 6.16. The van der Waals surface area contributed by atoms with Crippen molar-refractivity contribution >= 4 is 28.3 Å². The Balaban J connectivity index is 1.45. The maximum Gasteiger partial charge on any atom is 0.411 e. The van der Waals surface area contributed by atoms with Gasteiger partial charge < -0.3 is 24.6 Å². The molecule has 5 rings (SSSR count). The Morgan fingerprint density at radius 1 is 1.04 bits per heavy atom. The van der Waals surface area contributed by atoms with Crippen LogP contribution in [0, 0.1) is 11.6 Å². The Morgan fingerprint density at radius 3 is 2.38 bits per heavy atom. The number of nitrogens with zero attached hydrogens (tertiary/aromatic N) is 3. The first-order chi connectivity index (χ1) is 21.3. The van der Waals surface area contributed by atoms with Crippen LogP contribution in [0.25, 0.3) is 16.5 Å². The number of carbonyl (C=O) groups excluding carboxylic acids is 1. The predicted molar refractivity (Wildman–Crippen MR) is 152 cm³/mol. The van der Waals surface area contributed by atoms with Gasteiger partial charge in [0, 0.05) is 43.4 Å². The second-order valence-electron chi connectivity index (χ2n) is 10.4. The van der Waals surface area contributed by atoms with Crippen LogP contribution in [-0.2, 0) is 23.0 Å². The van der Waals surface area contributed by atoms with E-state index < -0.39 is 70.9 Å². The summed E-state index contributed by atoms with van der Waals surface area (Å²) in [6, 6.07) is 7.94. The van der Waals surface area contributed by atoms with E-state index in [1.807, 2.05) is 0 Å². The molecule has 0 bridgehead atoms. The summed E-state index contributed by atoms with van der Waals surface area (Å²) in [7, 11) is 1.47. The van der Waals surface area contributed by atoms with Gasteiger partial charge in [-0.25, -0.2) is 22.9 Å². The molecule has 2 atom stereocenters. The minimum absolute atomic E-state index is 0.118. The Morgan fingerprint density at radius 2 is 1.71 bits per heavy atom. The third-order valence-electron chi connectivity index (χ3n) is 7.50. The summed E-state index contributed by atoms with van der Waals surface area (Å²) in [4.78, 5) is 51.2. The van der Waals surface area contributed by atoms with Crippen LogP contribution in [0.15, 0.2) is 70.4 Å². The highest BCUT2D eigenvalue weighted by Crippen LogP contribution is 2.33. The first kappa shape index (κ1) is 31.4. The lowest BCUT2D eigenvalue weighted by Gasteiger charge is -2.38. The fraction of sp³-hybridized carbons (Fsp3) is 0.267. The number of aromatic nitrogens is 2.